The van der Waals surface area contributed by atoms with Crippen molar-refractivity contribution in [2.45, 2.75) is 31.8 Å². The van der Waals surface area contributed by atoms with Gasteiger partial charge in [0, 0.05) is 31.2 Å². The normalized spacial score (nSPS) is 18.2. The molecule has 3 heterocycles. The molecule has 11 heteroatoms. The van der Waals surface area contributed by atoms with Crippen LogP contribution in [0.4, 0.5) is 31.9 Å². The van der Waals surface area contributed by atoms with Crippen molar-refractivity contribution in [1.29, 1.82) is 0 Å². The molecule has 0 spiro atoms. The number of carbonyl (C=O) groups is 1. The van der Waals surface area contributed by atoms with Crippen molar-refractivity contribution < 1.29 is 18.3 Å². The average Bonchev–Trinajstić information content (AvgIpc) is 3.59. The SMILES string of the molecule is C[C@H](N)[C@H](Nc1nc(Nc2cnc(N3CCOCC3)c(F)c2)c(C(N)=O)cc1F)C1CC1. The largest absolute Gasteiger partial charge is 0.378 e. The van der Waals surface area contributed by atoms with Crippen LogP contribution in [-0.2, 0) is 4.74 Å². The molecule has 1 saturated carbocycles. The topological polar surface area (TPSA) is 131 Å². The molecule has 32 heavy (non-hydrogen) atoms. The number of nitrogens with two attached hydrogens (primary N) is 2. The highest BCUT2D eigenvalue weighted by Crippen LogP contribution is 2.36. The predicted octanol–water partition coefficient (Wildman–Crippen LogP) is 1.97. The molecular weight excluding hydrogens is 420 g/mol. The lowest BCUT2D eigenvalue weighted by Crippen LogP contribution is -2.40. The van der Waals surface area contributed by atoms with Crippen LogP contribution in [0.15, 0.2) is 18.3 Å². The van der Waals surface area contributed by atoms with Gasteiger partial charge in [-0.3, -0.25) is 4.79 Å². The van der Waals surface area contributed by atoms with Gasteiger partial charge >= 0.3 is 0 Å². The van der Waals surface area contributed by atoms with Gasteiger partial charge in [0.2, 0.25) is 0 Å². The average molecular weight is 447 g/mol. The van der Waals surface area contributed by atoms with Crippen LogP contribution in [0.1, 0.15) is 30.1 Å². The third-order valence-corrected chi connectivity index (χ3v) is 5.64. The molecule has 1 aliphatic carbocycles. The van der Waals surface area contributed by atoms with Crippen LogP contribution >= 0.6 is 0 Å². The number of ether oxygens (including phenoxy) is 1. The molecule has 172 valence electrons. The number of hydrogen-bond acceptors (Lipinski definition) is 8. The molecule has 2 aliphatic rings. The quantitative estimate of drug-likeness (QED) is 0.483. The number of primary amides is 1. The highest BCUT2D eigenvalue weighted by molar-refractivity contribution is 5.98. The van der Waals surface area contributed by atoms with Crippen LogP contribution < -0.4 is 27.0 Å². The maximum Gasteiger partial charge on any atom is 0.252 e. The molecule has 9 nitrogen and oxygen atoms in total. The van der Waals surface area contributed by atoms with Gasteiger partial charge in [0.1, 0.15) is 5.82 Å². The van der Waals surface area contributed by atoms with Crippen LogP contribution in [0.5, 0.6) is 0 Å². The Balaban J connectivity index is 1.60. The molecule has 4 rings (SSSR count). The zero-order valence-corrected chi connectivity index (χ0v) is 17.8. The van der Waals surface area contributed by atoms with Crippen molar-refractivity contribution in [3.8, 4) is 0 Å². The molecule has 0 aromatic carbocycles. The van der Waals surface area contributed by atoms with Gasteiger partial charge in [0.05, 0.1) is 30.7 Å². The van der Waals surface area contributed by atoms with E-state index in [1.165, 1.54) is 12.3 Å². The number of morpholine rings is 1. The third kappa shape index (κ3) is 4.89. The van der Waals surface area contributed by atoms with Gasteiger partial charge in [-0.05, 0) is 31.7 Å². The fourth-order valence-corrected chi connectivity index (χ4v) is 3.81. The summed E-state index contributed by atoms with van der Waals surface area (Å²) in [6.45, 7) is 3.93. The van der Waals surface area contributed by atoms with E-state index in [0.717, 1.165) is 18.9 Å². The Bertz CT molecular complexity index is 992. The van der Waals surface area contributed by atoms with Crippen molar-refractivity contribution >= 4 is 29.0 Å². The highest BCUT2D eigenvalue weighted by Gasteiger charge is 2.34. The van der Waals surface area contributed by atoms with Crippen molar-refractivity contribution in [2.75, 3.05) is 41.8 Å². The van der Waals surface area contributed by atoms with E-state index in [0.29, 0.717) is 32.2 Å². The number of pyridine rings is 2. The number of carbonyl (C=O) groups excluding carboxylic acids is 1. The molecule has 2 fully saturated rings. The van der Waals surface area contributed by atoms with Gasteiger partial charge in [-0.25, -0.2) is 18.7 Å². The molecule has 0 radical (unpaired) electrons. The Hall–Kier alpha value is -3.05. The Kier molecular flexibility index (Phi) is 6.38. The number of nitrogens with zero attached hydrogens (tertiary/aromatic N) is 3. The summed E-state index contributed by atoms with van der Waals surface area (Å²) in [5.41, 5.74) is 11.5. The Morgan fingerprint density at radius 2 is 1.94 bits per heavy atom. The van der Waals surface area contributed by atoms with Crippen LogP contribution in [-0.4, -0.2) is 54.3 Å². The van der Waals surface area contributed by atoms with Crippen molar-refractivity contribution in [2.24, 2.45) is 17.4 Å². The number of nitrogens with one attached hydrogen (secondary N) is 2. The second-order valence-corrected chi connectivity index (χ2v) is 8.20. The molecule has 2 atom stereocenters. The van der Waals surface area contributed by atoms with Crippen LogP contribution in [0.3, 0.4) is 0 Å². The summed E-state index contributed by atoms with van der Waals surface area (Å²) < 4.78 is 34.7. The van der Waals surface area contributed by atoms with Gasteiger partial charge < -0.3 is 31.7 Å². The van der Waals surface area contributed by atoms with E-state index >= 15 is 0 Å². The Morgan fingerprint density at radius 3 is 2.53 bits per heavy atom. The van der Waals surface area contributed by atoms with Gasteiger partial charge in [-0.15, -0.1) is 0 Å². The number of rotatable bonds is 8. The summed E-state index contributed by atoms with van der Waals surface area (Å²) in [5.74, 6) is -1.62. The summed E-state index contributed by atoms with van der Waals surface area (Å²) in [4.78, 5) is 22.1. The highest BCUT2D eigenvalue weighted by atomic mass is 19.1. The number of amides is 1. The number of halogens is 2. The second kappa shape index (κ2) is 9.21. The smallest absolute Gasteiger partial charge is 0.252 e. The lowest BCUT2D eigenvalue weighted by molar-refractivity contribution is 0.100. The maximum atomic E-state index is 14.7. The second-order valence-electron chi connectivity index (χ2n) is 8.20. The first kappa shape index (κ1) is 22.2. The van der Waals surface area contributed by atoms with Gasteiger partial charge in [0.25, 0.3) is 5.91 Å². The van der Waals surface area contributed by atoms with Gasteiger partial charge in [-0.2, -0.15) is 0 Å². The van der Waals surface area contributed by atoms with Crippen LogP contribution in [0, 0.1) is 17.6 Å². The molecule has 2 aromatic rings. The molecule has 1 aliphatic heterocycles. The molecular formula is C21H27F2N7O2. The van der Waals surface area contributed by atoms with E-state index < -0.39 is 17.5 Å². The minimum atomic E-state index is -0.866. The zero-order chi connectivity index (χ0) is 22.8. The lowest BCUT2D eigenvalue weighted by Gasteiger charge is -2.28. The minimum Gasteiger partial charge on any atom is -0.378 e. The van der Waals surface area contributed by atoms with E-state index in [1.807, 2.05) is 6.92 Å². The lowest BCUT2D eigenvalue weighted by atomic mass is 10.1. The van der Waals surface area contributed by atoms with Gasteiger partial charge in [0.15, 0.2) is 23.3 Å². The molecule has 0 unspecified atom stereocenters. The summed E-state index contributed by atoms with van der Waals surface area (Å²) >= 11 is 0. The molecule has 0 bridgehead atoms. The first-order valence-corrected chi connectivity index (χ1v) is 10.6. The Morgan fingerprint density at radius 1 is 1.22 bits per heavy atom. The molecule has 1 saturated heterocycles. The van der Waals surface area contributed by atoms with E-state index in [9.17, 15) is 13.6 Å². The summed E-state index contributed by atoms with van der Waals surface area (Å²) in [6, 6.07) is 1.88. The summed E-state index contributed by atoms with van der Waals surface area (Å²) in [7, 11) is 0. The number of aromatic nitrogens is 2. The van der Waals surface area contributed by atoms with Crippen molar-refractivity contribution in [3.05, 3.63) is 35.5 Å². The van der Waals surface area contributed by atoms with Crippen molar-refractivity contribution in [1.82, 2.24) is 9.97 Å². The fourth-order valence-electron chi connectivity index (χ4n) is 3.81. The van der Waals surface area contributed by atoms with E-state index in [4.69, 9.17) is 16.2 Å². The first-order valence-electron chi connectivity index (χ1n) is 10.6. The standard InChI is InChI=1S/C21H27F2N7O2/c1-11(24)17(12-2-3-12)28-20-15(22)9-14(18(25)31)19(29-20)27-13-8-16(23)21(26-10-13)30-4-6-32-7-5-30/h8-12,17H,2-7,24H2,1H3,(H2,25,31)(H2,27,28,29)/t11-,17-/m0/s1. The summed E-state index contributed by atoms with van der Waals surface area (Å²) in [5, 5.41) is 5.90. The first-order chi connectivity index (χ1) is 15.3. The minimum absolute atomic E-state index is 0.000874. The summed E-state index contributed by atoms with van der Waals surface area (Å²) in [6.07, 6.45) is 3.43. The monoisotopic (exact) mass is 447 g/mol. The third-order valence-electron chi connectivity index (χ3n) is 5.64. The Labute approximate surface area is 184 Å². The van der Waals surface area contributed by atoms with E-state index in [1.54, 1.807) is 4.90 Å². The van der Waals surface area contributed by atoms with Crippen LogP contribution in [0.25, 0.3) is 0 Å². The molecule has 1 amide bonds. The fraction of sp³-hybridized carbons (Fsp3) is 0.476. The number of anilines is 4. The predicted molar refractivity (Wildman–Crippen MR) is 117 cm³/mol. The zero-order valence-electron chi connectivity index (χ0n) is 17.8. The molecule has 2 aromatic heterocycles. The molecule has 6 N–H and O–H groups in total. The van der Waals surface area contributed by atoms with E-state index in [2.05, 4.69) is 20.6 Å². The number of hydrogen-bond donors (Lipinski definition) is 4. The van der Waals surface area contributed by atoms with Gasteiger partial charge in [-0.1, -0.05) is 0 Å². The van der Waals surface area contributed by atoms with E-state index in [-0.39, 0.29) is 40.8 Å². The maximum absolute atomic E-state index is 14.7. The van der Waals surface area contributed by atoms with Crippen LogP contribution in [0.2, 0.25) is 0 Å². The van der Waals surface area contributed by atoms with Crippen molar-refractivity contribution in [3.63, 3.8) is 0 Å².